The zero-order valence-electron chi connectivity index (χ0n) is 23.3. The van der Waals surface area contributed by atoms with E-state index in [1.165, 1.54) is 22.0 Å². The quantitative estimate of drug-likeness (QED) is 0.533. The lowest BCUT2D eigenvalue weighted by molar-refractivity contribution is -0.141. The van der Waals surface area contributed by atoms with Crippen LogP contribution in [0.5, 0.6) is 5.75 Å². The number of piperidine rings is 1. The van der Waals surface area contributed by atoms with Crippen LogP contribution in [0.1, 0.15) is 38.3 Å². The third-order valence-corrected chi connectivity index (χ3v) is 6.85. The number of likely N-dealkylation sites (tertiary alicyclic amines) is 1. The molecule has 0 aromatic heterocycles. The first kappa shape index (κ1) is 29.9. The molecule has 0 radical (unpaired) electrons. The number of alkyl halides is 3. The minimum atomic E-state index is -4.68. The highest BCUT2D eigenvalue weighted by atomic mass is 19.4. The number of alkyl carbamates (subject to hydrolysis) is 1. The van der Waals surface area contributed by atoms with Crippen LogP contribution in [0.25, 0.3) is 0 Å². The van der Waals surface area contributed by atoms with Gasteiger partial charge in [0.25, 0.3) is 5.91 Å². The maximum absolute atomic E-state index is 13.9. The van der Waals surface area contributed by atoms with Crippen LogP contribution in [-0.2, 0) is 26.9 Å². The average Bonchev–Trinajstić information content (AvgIpc) is 3.14. The Hall–Kier alpha value is -4.09. The van der Waals surface area contributed by atoms with Gasteiger partial charge in [-0.3, -0.25) is 9.59 Å². The largest absolute Gasteiger partial charge is 0.490 e. The van der Waals surface area contributed by atoms with E-state index < -0.39 is 53.2 Å². The van der Waals surface area contributed by atoms with Gasteiger partial charge >= 0.3 is 12.3 Å². The molecule has 2 aromatic carbocycles. The summed E-state index contributed by atoms with van der Waals surface area (Å²) in [7, 11) is 1.56. The molecule has 1 N–H and O–H groups in total. The number of halogens is 3. The van der Waals surface area contributed by atoms with Crippen LogP contribution in [0.2, 0.25) is 0 Å². The highest BCUT2D eigenvalue weighted by Crippen LogP contribution is 2.39. The van der Waals surface area contributed by atoms with Crippen molar-refractivity contribution in [1.29, 1.82) is 0 Å². The number of carbonyl (C=O) groups is 3. The third kappa shape index (κ3) is 6.80. The summed E-state index contributed by atoms with van der Waals surface area (Å²) in [6.45, 7) is 4.50. The molecule has 0 bridgehead atoms. The van der Waals surface area contributed by atoms with Crippen molar-refractivity contribution in [3.63, 3.8) is 0 Å². The molecule has 1 saturated heterocycles. The molecule has 2 heterocycles. The fourth-order valence-electron chi connectivity index (χ4n) is 5.06. The van der Waals surface area contributed by atoms with E-state index in [1.807, 2.05) is 30.3 Å². The smallest absolute Gasteiger partial charge is 0.419 e. The SMILES string of the molecule is CN1N=C2CCN(C(=O)C(COc3ccccc3C(F)(F)F)NC(=O)OC(C)(C)C)C[C@@]2(Cc2ccccc2)C1=O. The van der Waals surface area contributed by atoms with Gasteiger partial charge in [0.05, 0.1) is 11.3 Å². The summed E-state index contributed by atoms with van der Waals surface area (Å²) in [5.41, 5.74) is -1.47. The lowest BCUT2D eigenvalue weighted by Crippen LogP contribution is -2.60. The summed E-state index contributed by atoms with van der Waals surface area (Å²) in [5.74, 6) is -1.36. The highest BCUT2D eigenvalue weighted by molar-refractivity contribution is 6.13. The zero-order chi connectivity index (χ0) is 30.0. The molecule has 1 unspecified atom stereocenters. The van der Waals surface area contributed by atoms with E-state index in [0.717, 1.165) is 17.7 Å². The Bertz CT molecular complexity index is 1330. The van der Waals surface area contributed by atoms with Gasteiger partial charge < -0.3 is 19.7 Å². The summed E-state index contributed by atoms with van der Waals surface area (Å²) in [4.78, 5) is 41.4. The molecule has 0 spiro atoms. The Morgan fingerprint density at radius 2 is 1.73 bits per heavy atom. The topological polar surface area (TPSA) is 101 Å². The van der Waals surface area contributed by atoms with E-state index in [0.29, 0.717) is 18.6 Å². The molecular weight excluding hydrogens is 541 g/mol. The number of amides is 3. The van der Waals surface area contributed by atoms with Crippen molar-refractivity contribution >= 4 is 23.6 Å². The van der Waals surface area contributed by atoms with Crippen LogP contribution in [0.4, 0.5) is 18.0 Å². The fraction of sp³-hybridized carbons (Fsp3) is 0.448. The second-order valence-corrected chi connectivity index (χ2v) is 11.1. The van der Waals surface area contributed by atoms with Gasteiger partial charge in [-0.05, 0) is 44.9 Å². The average molecular weight is 575 g/mol. The number of hydrogen-bond donors (Lipinski definition) is 1. The molecule has 3 amide bonds. The van der Waals surface area contributed by atoms with Gasteiger partial charge in [-0.1, -0.05) is 42.5 Å². The third-order valence-electron chi connectivity index (χ3n) is 6.85. The Morgan fingerprint density at radius 1 is 1.07 bits per heavy atom. The molecule has 2 aromatic rings. The van der Waals surface area contributed by atoms with E-state index in [-0.39, 0.29) is 19.0 Å². The standard InChI is InChI=1S/C29H33F3N4O5/c1-27(2,3)41-26(39)33-21(17-40-22-13-9-8-12-20(22)29(30,31)32)24(37)36-15-14-23-28(18-36,25(38)35(4)34-23)16-19-10-6-5-7-11-19/h5-13,21H,14-18H2,1-4H3,(H,33,39)/t21?,28-/m1/s1. The number of nitrogens with one attached hydrogen (secondary N) is 1. The van der Waals surface area contributed by atoms with Crippen molar-refractivity contribution in [2.75, 3.05) is 26.7 Å². The van der Waals surface area contributed by atoms with Crippen molar-refractivity contribution in [2.24, 2.45) is 10.5 Å². The lowest BCUT2D eigenvalue weighted by Gasteiger charge is -2.40. The monoisotopic (exact) mass is 574 g/mol. The molecule has 2 aliphatic heterocycles. The molecule has 220 valence electrons. The van der Waals surface area contributed by atoms with Gasteiger partial charge in [-0.25, -0.2) is 9.80 Å². The van der Waals surface area contributed by atoms with Crippen molar-refractivity contribution in [3.8, 4) is 5.75 Å². The van der Waals surface area contributed by atoms with Gasteiger partial charge in [0, 0.05) is 26.6 Å². The van der Waals surface area contributed by atoms with Crippen LogP contribution in [0.3, 0.4) is 0 Å². The molecule has 41 heavy (non-hydrogen) atoms. The first-order chi connectivity index (χ1) is 19.2. The minimum Gasteiger partial charge on any atom is -0.490 e. The van der Waals surface area contributed by atoms with E-state index in [1.54, 1.807) is 27.8 Å². The molecule has 2 atom stereocenters. The number of ether oxygens (including phenoxy) is 2. The Balaban J connectivity index is 1.60. The number of fused-ring (bicyclic) bond motifs is 1. The summed E-state index contributed by atoms with van der Waals surface area (Å²) in [5, 5.41) is 8.17. The molecule has 1 fully saturated rings. The molecule has 2 aliphatic rings. The maximum Gasteiger partial charge on any atom is 0.419 e. The number of para-hydroxylation sites is 1. The van der Waals surface area contributed by atoms with Crippen molar-refractivity contribution in [2.45, 2.75) is 51.4 Å². The Morgan fingerprint density at radius 3 is 2.39 bits per heavy atom. The van der Waals surface area contributed by atoms with Crippen LogP contribution >= 0.6 is 0 Å². The number of nitrogens with zero attached hydrogens (tertiary/aromatic N) is 3. The van der Waals surface area contributed by atoms with Crippen LogP contribution in [0, 0.1) is 5.41 Å². The molecule has 12 heteroatoms. The lowest BCUT2D eigenvalue weighted by atomic mass is 9.73. The first-order valence-corrected chi connectivity index (χ1v) is 13.2. The second-order valence-electron chi connectivity index (χ2n) is 11.1. The first-order valence-electron chi connectivity index (χ1n) is 13.2. The second kappa shape index (κ2) is 11.4. The Labute approximate surface area is 236 Å². The van der Waals surface area contributed by atoms with E-state index in [4.69, 9.17) is 9.47 Å². The molecule has 9 nitrogen and oxygen atoms in total. The normalized spacial score (nSPS) is 19.8. The summed E-state index contributed by atoms with van der Waals surface area (Å²) < 4.78 is 51.4. The predicted octanol–water partition coefficient (Wildman–Crippen LogP) is 4.27. The summed E-state index contributed by atoms with van der Waals surface area (Å²) >= 11 is 0. The van der Waals surface area contributed by atoms with Crippen LogP contribution < -0.4 is 10.1 Å². The molecule has 4 rings (SSSR count). The summed E-state index contributed by atoms with van der Waals surface area (Å²) in [6.07, 6.45) is -5.00. The van der Waals surface area contributed by atoms with Gasteiger partial charge in [0.1, 0.15) is 29.4 Å². The number of benzene rings is 2. The predicted molar refractivity (Wildman–Crippen MR) is 144 cm³/mol. The van der Waals surface area contributed by atoms with Gasteiger partial charge in [0.15, 0.2) is 0 Å². The fourth-order valence-corrected chi connectivity index (χ4v) is 5.06. The molecular formula is C29H33F3N4O5. The van der Waals surface area contributed by atoms with E-state index in [9.17, 15) is 27.6 Å². The Kier molecular flexibility index (Phi) is 8.32. The number of rotatable bonds is 7. The number of hydrogen-bond acceptors (Lipinski definition) is 6. The molecule has 0 aliphatic carbocycles. The van der Waals surface area contributed by atoms with Crippen LogP contribution in [-0.4, -0.2) is 71.9 Å². The number of carbonyl (C=O) groups excluding carboxylic acids is 3. The van der Waals surface area contributed by atoms with Crippen molar-refractivity contribution in [3.05, 3.63) is 65.7 Å². The maximum atomic E-state index is 13.9. The van der Waals surface area contributed by atoms with Gasteiger partial charge in [-0.15, -0.1) is 0 Å². The van der Waals surface area contributed by atoms with Crippen LogP contribution in [0.15, 0.2) is 59.7 Å². The van der Waals surface area contributed by atoms with E-state index in [2.05, 4.69) is 10.4 Å². The van der Waals surface area contributed by atoms with E-state index >= 15 is 0 Å². The highest BCUT2D eigenvalue weighted by Gasteiger charge is 2.54. The zero-order valence-corrected chi connectivity index (χ0v) is 23.3. The van der Waals surface area contributed by atoms with Crippen molar-refractivity contribution in [1.82, 2.24) is 15.2 Å². The summed E-state index contributed by atoms with van der Waals surface area (Å²) in [6, 6.07) is 12.6. The molecule has 0 saturated carbocycles. The van der Waals surface area contributed by atoms with Gasteiger partial charge in [0.2, 0.25) is 5.91 Å². The number of hydrazone groups is 1. The minimum absolute atomic E-state index is 0.0195. The van der Waals surface area contributed by atoms with Gasteiger partial charge in [-0.2, -0.15) is 18.3 Å². The van der Waals surface area contributed by atoms with Crippen molar-refractivity contribution < 1.29 is 37.0 Å².